The zero-order valence-electron chi connectivity index (χ0n) is 6.03. The van der Waals surface area contributed by atoms with E-state index in [0.29, 0.717) is 0 Å². The van der Waals surface area contributed by atoms with E-state index in [9.17, 15) is 14.4 Å². The third-order valence-electron chi connectivity index (χ3n) is 0.800. The molecule has 0 unspecified atom stereocenters. The van der Waals surface area contributed by atoms with Crippen LogP contribution in [0.15, 0.2) is 0 Å². The highest BCUT2D eigenvalue weighted by Crippen LogP contribution is 1.66. The van der Waals surface area contributed by atoms with Crippen LogP contribution in [-0.4, -0.2) is 41.3 Å². The molecule has 0 saturated heterocycles. The zero-order chi connectivity index (χ0) is 9.56. The fraction of sp³-hybridized carbons (Fsp3) is 0.400. The average molecular weight is 176 g/mol. The smallest absolute Gasteiger partial charge is 0.323 e. The molecule has 0 heterocycles. The Labute approximate surface area is 67.4 Å². The van der Waals surface area contributed by atoms with Gasteiger partial charge in [-0.1, -0.05) is 0 Å². The lowest BCUT2D eigenvalue weighted by Crippen LogP contribution is -2.40. The lowest BCUT2D eigenvalue weighted by Gasteiger charge is -2.01. The summed E-state index contributed by atoms with van der Waals surface area (Å²) >= 11 is 0. The number of urea groups is 1. The molecule has 0 aliphatic heterocycles. The van der Waals surface area contributed by atoms with Gasteiger partial charge in [-0.25, -0.2) is 4.79 Å². The van der Waals surface area contributed by atoms with Crippen LogP contribution in [0.2, 0.25) is 0 Å². The van der Waals surface area contributed by atoms with Crippen LogP contribution in [-0.2, 0) is 9.59 Å². The van der Waals surface area contributed by atoms with E-state index in [1.807, 2.05) is 10.6 Å². The second-order valence-electron chi connectivity index (χ2n) is 1.82. The normalized spacial score (nSPS) is 8.67. The van der Waals surface area contributed by atoms with Crippen LogP contribution in [0.4, 0.5) is 4.79 Å². The minimum atomic E-state index is -1.19. The predicted molar refractivity (Wildman–Crippen MR) is 36.7 cm³/mol. The third kappa shape index (κ3) is 6.33. The summed E-state index contributed by atoms with van der Waals surface area (Å²) in [7, 11) is 0. The van der Waals surface area contributed by atoms with Crippen molar-refractivity contribution in [1.82, 2.24) is 10.6 Å². The van der Waals surface area contributed by atoms with Crippen LogP contribution in [0, 0.1) is 0 Å². The van der Waals surface area contributed by atoms with E-state index in [0.717, 1.165) is 0 Å². The van der Waals surface area contributed by atoms with Crippen LogP contribution in [0.3, 0.4) is 0 Å². The maximum absolute atomic E-state index is 10.5. The summed E-state index contributed by atoms with van der Waals surface area (Å²) in [4.78, 5) is 30.3. The van der Waals surface area contributed by atoms with E-state index in [1.54, 1.807) is 0 Å². The van der Waals surface area contributed by atoms with Gasteiger partial charge < -0.3 is 20.8 Å². The summed E-state index contributed by atoms with van der Waals surface area (Å²) in [6.45, 7) is -1.07. The summed E-state index contributed by atoms with van der Waals surface area (Å²) in [5, 5.41) is 20.0. The molecule has 2 amide bonds. The number of nitrogens with one attached hydrogen (secondary N) is 2. The number of carboxylic acids is 2. The number of carbonyl (C=O) groups excluding carboxylic acids is 1. The molecule has 7 nitrogen and oxygen atoms in total. The van der Waals surface area contributed by atoms with E-state index >= 15 is 0 Å². The van der Waals surface area contributed by atoms with Crippen LogP contribution < -0.4 is 10.6 Å². The van der Waals surface area contributed by atoms with Gasteiger partial charge in [0.05, 0.1) is 0 Å². The standard InChI is InChI=1S/C5H8N2O5/c8-3(9)1-6-5(12)7-2-4(10)11/h1-2H2,(H,8,9)(H,10,11)(H2,6,7,12). The van der Waals surface area contributed by atoms with Gasteiger partial charge in [-0.15, -0.1) is 0 Å². The van der Waals surface area contributed by atoms with E-state index in [1.165, 1.54) is 0 Å². The Morgan fingerprint density at radius 3 is 1.50 bits per heavy atom. The van der Waals surface area contributed by atoms with Crippen LogP contribution in [0.5, 0.6) is 0 Å². The molecular formula is C5H8N2O5. The van der Waals surface area contributed by atoms with Crippen molar-refractivity contribution < 1.29 is 24.6 Å². The molecule has 0 atom stereocenters. The first-order chi connectivity index (χ1) is 5.52. The van der Waals surface area contributed by atoms with Gasteiger partial charge in [-0.05, 0) is 0 Å². The second kappa shape index (κ2) is 4.94. The lowest BCUT2D eigenvalue weighted by atomic mass is 10.6. The highest BCUT2D eigenvalue weighted by Gasteiger charge is 2.03. The van der Waals surface area contributed by atoms with Crippen molar-refractivity contribution in [2.45, 2.75) is 0 Å². The maximum atomic E-state index is 10.5. The molecule has 0 radical (unpaired) electrons. The monoisotopic (exact) mass is 176 g/mol. The Bertz CT molecular complexity index is 182. The molecule has 0 aromatic carbocycles. The highest BCUT2D eigenvalue weighted by molar-refractivity contribution is 5.82. The Morgan fingerprint density at radius 2 is 1.25 bits per heavy atom. The van der Waals surface area contributed by atoms with Gasteiger partial charge in [0.15, 0.2) is 0 Å². The Hall–Kier alpha value is -1.79. The molecule has 0 rings (SSSR count). The number of amides is 2. The minimum Gasteiger partial charge on any atom is -0.480 e. The van der Waals surface area contributed by atoms with Crippen molar-refractivity contribution in [1.29, 1.82) is 0 Å². The molecule has 12 heavy (non-hydrogen) atoms. The summed E-state index contributed by atoms with van der Waals surface area (Å²) in [6, 6.07) is -0.820. The number of hydrogen-bond acceptors (Lipinski definition) is 3. The molecule has 0 aromatic rings. The van der Waals surface area contributed by atoms with Crippen molar-refractivity contribution in [2.24, 2.45) is 0 Å². The molecule has 0 bridgehead atoms. The first-order valence-electron chi connectivity index (χ1n) is 2.97. The SMILES string of the molecule is O=C(O)CNC(=O)NCC(=O)O. The number of hydrogen-bond donors (Lipinski definition) is 4. The van der Waals surface area contributed by atoms with Crippen molar-refractivity contribution in [2.75, 3.05) is 13.1 Å². The predicted octanol–water partition coefficient (Wildman–Crippen LogP) is -1.55. The maximum Gasteiger partial charge on any atom is 0.323 e. The summed E-state index contributed by atoms with van der Waals surface area (Å²) in [5.74, 6) is -2.39. The minimum absolute atomic E-state index is 0.536. The second-order valence-corrected chi connectivity index (χ2v) is 1.82. The largest absolute Gasteiger partial charge is 0.480 e. The summed E-state index contributed by atoms with van der Waals surface area (Å²) in [6.07, 6.45) is 0. The Morgan fingerprint density at radius 1 is 0.917 bits per heavy atom. The summed E-state index contributed by atoms with van der Waals surface area (Å²) < 4.78 is 0. The quantitative estimate of drug-likeness (QED) is 0.414. The molecule has 0 spiro atoms. The van der Waals surface area contributed by atoms with Crippen molar-refractivity contribution >= 4 is 18.0 Å². The molecule has 0 aromatic heterocycles. The molecule has 0 aliphatic rings. The molecule has 0 saturated carbocycles. The van der Waals surface area contributed by atoms with E-state index < -0.39 is 31.1 Å². The van der Waals surface area contributed by atoms with Gasteiger partial charge in [0.1, 0.15) is 13.1 Å². The molecule has 4 N–H and O–H groups in total. The molecule has 0 aliphatic carbocycles. The van der Waals surface area contributed by atoms with Crippen LogP contribution in [0.1, 0.15) is 0 Å². The fourth-order valence-corrected chi connectivity index (χ4v) is 0.374. The number of rotatable bonds is 4. The molecular weight excluding hydrogens is 168 g/mol. The Balaban J connectivity index is 3.47. The first kappa shape index (κ1) is 10.2. The fourth-order valence-electron chi connectivity index (χ4n) is 0.374. The third-order valence-corrected chi connectivity index (χ3v) is 0.800. The van der Waals surface area contributed by atoms with Crippen molar-refractivity contribution in [3.05, 3.63) is 0 Å². The van der Waals surface area contributed by atoms with Gasteiger partial charge in [-0.2, -0.15) is 0 Å². The number of aliphatic carboxylic acids is 2. The van der Waals surface area contributed by atoms with Gasteiger partial charge in [0.25, 0.3) is 0 Å². The van der Waals surface area contributed by atoms with Gasteiger partial charge in [0, 0.05) is 0 Å². The first-order valence-corrected chi connectivity index (χ1v) is 2.97. The number of carboxylic acid groups (broad SMARTS) is 2. The van der Waals surface area contributed by atoms with Crippen molar-refractivity contribution in [3.63, 3.8) is 0 Å². The molecule has 7 heteroatoms. The lowest BCUT2D eigenvalue weighted by molar-refractivity contribution is -0.136. The number of carbonyl (C=O) groups is 3. The summed E-state index contributed by atoms with van der Waals surface area (Å²) in [5.41, 5.74) is 0. The van der Waals surface area contributed by atoms with E-state index in [-0.39, 0.29) is 0 Å². The topological polar surface area (TPSA) is 116 Å². The van der Waals surface area contributed by atoms with Gasteiger partial charge in [0.2, 0.25) is 0 Å². The molecule has 68 valence electrons. The Kier molecular flexibility index (Phi) is 4.20. The highest BCUT2D eigenvalue weighted by atomic mass is 16.4. The van der Waals surface area contributed by atoms with Gasteiger partial charge >= 0.3 is 18.0 Å². The van der Waals surface area contributed by atoms with Crippen molar-refractivity contribution in [3.8, 4) is 0 Å². The van der Waals surface area contributed by atoms with E-state index in [2.05, 4.69) is 0 Å². The average Bonchev–Trinajstić information content (AvgIpc) is 1.96. The van der Waals surface area contributed by atoms with Gasteiger partial charge in [-0.3, -0.25) is 9.59 Å². The van der Waals surface area contributed by atoms with Crippen LogP contribution in [0.25, 0.3) is 0 Å². The van der Waals surface area contributed by atoms with Crippen LogP contribution >= 0.6 is 0 Å². The van der Waals surface area contributed by atoms with E-state index in [4.69, 9.17) is 10.2 Å². The zero-order valence-corrected chi connectivity index (χ0v) is 6.03. The molecule has 0 fully saturated rings.